The lowest BCUT2D eigenvalue weighted by atomic mass is 10.1. The monoisotopic (exact) mass is 338 g/mol. The van der Waals surface area contributed by atoms with Gasteiger partial charge in [-0.25, -0.2) is 4.39 Å². The number of halogens is 2. The van der Waals surface area contributed by atoms with Gasteiger partial charge in [-0.1, -0.05) is 24.3 Å². The molecule has 0 aliphatic rings. The summed E-state index contributed by atoms with van der Waals surface area (Å²) in [6.07, 6.45) is -0.610. The van der Waals surface area contributed by atoms with Crippen molar-refractivity contribution in [2.24, 2.45) is 0 Å². The molecule has 2 aromatic rings. The first-order valence-corrected chi connectivity index (χ1v) is 7.12. The molecule has 1 N–H and O–H groups in total. The van der Waals surface area contributed by atoms with Gasteiger partial charge in [-0.15, -0.1) is 0 Å². The molecule has 0 radical (unpaired) electrons. The summed E-state index contributed by atoms with van der Waals surface area (Å²) in [6, 6.07) is 10.5. The molecule has 0 fully saturated rings. The van der Waals surface area contributed by atoms with E-state index >= 15 is 0 Å². The Bertz CT molecular complexity index is 611. The summed E-state index contributed by atoms with van der Waals surface area (Å²) in [5, 5.41) is 9.74. The molecule has 0 aliphatic heterocycles. The van der Waals surface area contributed by atoms with Gasteiger partial charge < -0.3 is 9.84 Å². The lowest BCUT2D eigenvalue weighted by Crippen LogP contribution is -2.02. The number of aliphatic hydroxyl groups is 1. The standard InChI is InChI=1S/C16H16BrFO2/c1-10-6-7-13(11(2)19)15(8-10)20-9-12-4-3-5-14(18)16(12)17/h3-8,11,19H,9H2,1-2H3/t11-/m1/s1. The fourth-order valence-corrected chi connectivity index (χ4v) is 2.31. The van der Waals surface area contributed by atoms with Crippen molar-refractivity contribution in [2.75, 3.05) is 0 Å². The molecule has 0 aliphatic carbocycles. The molecular weight excluding hydrogens is 323 g/mol. The molecule has 1 atom stereocenters. The second kappa shape index (κ2) is 6.37. The van der Waals surface area contributed by atoms with E-state index < -0.39 is 6.10 Å². The number of hydrogen-bond donors (Lipinski definition) is 1. The Morgan fingerprint density at radius 2 is 2.05 bits per heavy atom. The Morgan fingerprint density at radius 1 is 1.30 bits per heavy atom. The zero-order chi connectivity index (χ0) is 14.7. The molecule has 106 valence electrons. The highest BCUT2D eigenvalue weighted by Gasteiger charge is 2.11. The van der Waals surface area contributed by atoms with E-state index in [9.17, 15) is 9.50 Å². The third-order valence-electron chi connectivity index (χ3n) is 3.03. The van der Waals surface area contributed by atoms with E-state index in [1.165, 1.54) is 6.07 Å². The first kappa shape index (κ1) is 15.0. The molecule has 2 nitrogen and oxygen atoms in total. The van der Waals surface area contributed by atoms with Crippen LogP contribution in [0, 0.1) is 12.7 Å². The molecular formula is C16H16BrFO2. The summed E-state index contributed by atoms with van der Waals surface area (Å²) < 4.78 is 19.6. The van der Waals surface area contributed by atoms with Crippen molar-refractivity contribution in [3.8, 4) is 5.75 Å². The molecule has 0 bridgehead atoms. The van der Waals surface area contributed by atoms with Gasteiger partial charge in [0.25, 0.3) is 0 Å². The molecule has 0 unspecified atom stereocenters. The predicted octanol–water partition coefficient (Wildman–Crippen LogP) is 4.53. The van der Waals surface area contributed by atoms with Gasteiger partial charge >= 0.3 is 0 Å². The van der Waals surface area contributed by atoms with Crippen LogP contribution in [0.3, 0.4) is 0 Å². The summed E-state index contributed by atoms with van der Waals surface area (Å²) in [5.74, 6) is 0.308. The SMILES string of the molecule is Cc1ccc([C@@H](C)O)c(OCc2cccc(F)c2Br)c1. The topological polar surface area (TPSA) is 29.5 Å². The Balaban J connectivity index is 2.22. The van der Waals surface area contributed by atoms with E-state index in [2.05, 4.69) is 15.9 Å². The van der Waals surface area contributed by atoms with Crippen molar-refractivity contribution in [1.29, 1.82) is 0 Å². The molecule has 0 saturated carbocycles. The van der Waals surface area contributed by atoms with E-state index in [4.69, 9.17) is 4.74 Å². The van der Waals surface area contributed by atoms with Gasteiger partial charge in [-0.3, -0.25) is 0 Å². The lowest BCUT2D eigenvalue weighted by Gasteiger charge is -2.15. The van der Waals surface area contributed by atoms with Gasteiger partial charge in [0.2, 0.25) is 0 Å². The van der Waals surface area contributed by atoms with Crippen LogP contribution >= 0.6 is 15.9 Å². The van der Waals surface area contributed by atoms with Crippen LogP contribution in [-0.2, 0) is 6.61 Å². The van der Waals surface area contributed by atoms with Crippen molar-refractivity contribution in [3.05, 3.63) is 63.4 Å². The van der Waals surface area contributed by atoms with Gasteiger partial charge in [0.15, 0.2) is 0 Å². The Morgan fingerprint density at radius 3 is 2.75 bits per heavy atom. The Labute approximate surface area is 126 Å². The number of ether oxygens (including phenoxy) is 1. The van der Waals surface area contributed by atoms with Crippen molar-refractivity contribution in [1.82, 2.24) is 0 Å². The highest BCUT2D eigenvalue weighted by atomic mass is 79.9. The molecule has 20 heavy (non-hydrogen) atoms. The molecule has 4 heteroatoms. The zero-order valence-electron chi connectivity index (χ0n) is 11.4. The molecule has 2 rings (SSSR count). The molecule has 0 amide bonds. The minimum Gasteiger partial charge on any atom is -0.488 e. The summed E-state index contributed by atoms with van der Waals surface area (Å²) in [4.78, 5) is 0. The summed E-state index contributed by atoms with van der Waals surface area (Å²) in [7, 11) is 0. The number of aryl methyl sites for hydroxylation is 1. The van der Waals surface area contributed by atoms with Crippen molar-refractivity contribution in [3.63, 3.8) is 0 Å². The quantitative estimate of drug-likeness (QED) is 0.887. The molecule has 0 aromatic heterocycles. The smallest absolute Gasteiger partial charge is 0.137 e. The normalized spacial score (nSPS) is 12.2. The molecule has 0 spiro atoms. The maximum absolute atomic E-state index is 13.4. The van der Waals surface area contributed by atoms with Crippen molar-refractivity contribution in [2.45, 2.75) is 26.6 Å². The largest absolute Gasteiger partial charge is 0.488 e. The minimum absolute atomic E-state index is 0.238. The number of benzene rings is 2. The Kier molecular flexibility index (Phi) is 4.78. The van der Waals surface area contributed by atoms with Gasteiger partial charge in [-0.2, -0.15) is 0 Å². The molecule has 0 heterocycles. The zero-order valence-corrected chi connectivity index (χ0v) is 12.9. The molecule has 0 saturated heterocycles. The maximum atomic E-state index is 13.4. The van der Waals surface area contributed by atoms with Crippen LogP contribution in [0.5, 0.6) is 5.75 Å². The maximum Gasteiger partial charge on any atom is 0.137 e. The second-order valence-electron chi connectivity index (χ2n) is 4.72. The highest BCUT2D eigenvalue weighted by Crippen LogP contribution is 2.28. The number of hydrogen-bond acceptors (Lipinski definition) is 2. The third kappa shape index (κ3) is 3.38. The third-order valence-corrected chi connectivity index (χ3v) is 3.92. The van der Waals surface area contributed by atoms with Crippen LogP contribution < -0.4 is 4.74 Å². The highest BCUT2D eigenvalue weighted by molar-refractivity contribution is 9.10. The van der Waals surface area contributed by atoms with Crippen molar-refractivity contribution < 1.29 is 14.2 Å². The van der Waals surface area contributed by atoms with Gasteiger partial charge in [-0.05, 0) is 47.5 Å². The average molecular weight is 339 g/mol. The predicted molar refractivity (Wildman–Crippen MR) is 80.2 cm³/mol. The van der Waals surface area contributed by atoms with Gasteiger partial charge in [0.1, 0.15) is 18.2 Å². The number of aliphatic hydroxyl groups excluding tert-OH is 1. The first-order valence-electron chi connectivity index (χ1n) is 6.33. The van der Waals surface area contributed by atoms with Crippen molar-refractivity contribution >= 4 is 15.9 Å². The van der Waals surface area contributed by atoms with E-state index in [1.807, 2.05) is 25.1 Å². The van der Waals surface area contributed by atoms with Crippen LogP contribution in [0.25, 0.3) is 0 Å². The number of rotatable bonds is 4. The first-order chi connectivity index (χ1) is 9.49. The van der Waals surface area contributed by atoms with Crippen LogP contribution in [0.1, 0.15) is 29.7 Å². The minimum atomic E-state index is -0.610. The van der Waals surface area contributed by atoms with E-state index in [1.54, 1.807) is 19.1 Å². The Hall–Kier alpha value is -1.39. The summed E-state index contributed by atoms with van der Waals surface area (Å²) in [5.41, 5.74) is 2.49. The van der Waals surface area contributed by atoms with Crippen LogP contribution in [0.15, 0.2) is 40.9 Å². The van der Waals surface area contributed by atoms with Crippen LogP contribution in [0.2, 0.25) is 0 Å². The summed E-state index contributed by atoms with van der Waals surface area (Å²) >= 11 is 3.21. The fourth-order valence-electron chi connectivity index (χ4n) is 1.93. The van der Waals surface area contributed by atoms with Crippen LogP contribution in [0.4, 0.5) is 4.39 Å². The van der Waals surface area contributed by atoms with Crippen LogP contribution in [-0.4, -0.2) is 5.11 Å². The van der Waals surface area contributed by atoms with E-state index in [0.717, 1.165) is 16.7 Å². The van der Waals surface area contributed by atoms with Gasteiger partial charge in [0, 0.05) is 11.1 Å². The average Bonchev–Trinajstić information content (AvgIpc) is 2.40. The summed E-state index contributed by atoms with van der Waals surface area (Å²) in [6.45, 7) is 3.88. The molecule has 2 aromatic carbocycles. The lowest BCUT2D eigenvalue weighted by molar-refractivity contribution is 0.190. The second-order valence-corrected chi connectivity index (χ2v) is 5.51. The van der Waals surface area contributed by atoms with E-state index in [0.29, 0.717) is 10.2 Å². The fraction of sp³-hybridized carbons (Fsp3) is 0.250. The van der Waals surface area contributed by atoms with Gasteiger partial charge in [0.05, 0.1) is 10.6 Å². The van der Waals surface area contributed by atoms with E-state index in [-0.39, 0.29) is 12.4 Å².